The summed E-state index contributed by atoms with van der Waals surface area (Å²) in [6.45, 7) is 2.32. The summed E-state index contributed by atoms with van der Waals surface area (Å²) in [7, 11) is 1.72. The predicted molar refractivity (Wildman–Crippen MR) is 70.0 cm³/mol. The SMILES string of the molecule is COc1cccc(CC2CCNCC2)c1Br. The summed E-state index contributed by atoms with van der Waals surface area (Å²) < 4.78 is 6.44. The number of hydrogen-bond donors (Lipinski definition) is 1. The van der Waals surface area contributed by atoms with Crippen molar-refractivity contribution in [3.8, 4) is 5.75 Å². The highest BCUT2D eigenvalue weighted by molar-refractivity contribution is 9.10. The molecule has 0 atom stereocenters. The maximum atomic E-state index is 5.32. The Morgan fingerprint density at radius 3 is 2.81 bits per heavy atom. The molecule has 2 nitrogen and oxygen atoms in total. The lowest BCUT2D eigenvalue weighted by molar-refractivity contribution is 0.370. The summed E-state index contributed by atoms with van der Waals surface area (Å²) >= 11 is 3.63. The fourth-order valence-electron chi connectivity index (χ4n) is 2.27. The Morgan fingerprint density at radius 2 is 2.12 bits per heavy atom. The van der Waals surface area contributed by atoms with Crippen LogP contribution in [0.4, 0.5) is 0 Å². The Kier molecular flexibility index (Phi) is 4.24. The molecule has 1 N–H and O–H groups in total. The van der Waals surface area contributed by atoms with Gasteiger partial charge in [0.25, 0.3) is 0 Å². The molecule has 1 heterocycles. The van der Waals surface area contributed by atoms with Crippen molar-refractivity contribution in [2.24, 2.45) is 5.92 Å². The lowest BCUT2D eigenvalue weighted by atomic mass is 9.91. The van der Waals surface area contributed by atoms with Gasteiger partial charge in [-0.15, -0.1) is 0 Å². The van der Waals surface area contributed by atoms with E-state index < -0.39 is 0 Å². The van der Waals surface area contributed by atoms with E-state index in [4.69, 9.17) is 4.74 Å². The van der Waals surface area contributed by atoms with E-state index in [1.54, 1.807) is 7.11 Å². The summed E-state index contributed by atoms with van der Waals surface area (Å²) in [6, 6.07) is 6.25. The highest BCUT2D eigenvalue weighted by Crippen LogP contribution is 2.31. The molecule has 0 saturated carbocycles. The maximum absolute atomic E-state index is 5.32. The molecule has 16 heavy (non-hydrogen) atoms. The largest absolute Gasteiger partial charge is 0.496 e. The normalized spacial score (nSPS) is 17.4. The van der Waals surface area contributed by atoms with Crippen LogP contribution in [0, 0.1) is 5.92 Å². The molecule has 0 aromatic heterocycles. The number of methoxy groups -OCH3 is 1. The van der Waals surface area contributed by atoms with Crippen molar-refractivity contribution in [1.82, 2.24) is 5.32 Å². The average Bonchev–Trinajstić information content (AvgIpc) is 2.33. The minimum atomic E-state index is 0.810. The quantitative estimate of drug-likeness (QED) is 0.921. The van der Waals surface area contributed by atoms with Gasteiger partial charge in [-0.3, -0.25) is 0 Å². The van der Waals surface area contributed by atoms with Gasteiger partial charge < -0.3 is 10.1 Å². The summed E-state index contributed by atoms with van der Waals surface area (Å²) in [5, 5.41) is 3.40. The Bertz CT molecular complexity index is 348. The minimum Gasteiger partial charge on any atom is -0.496 e. The minimum absolute atomic E-state index is 0.810. The second kappa shape index (κ2) is 5.69. The molecule has 1 saturated heterocycles. The van der Waals surface area contributed by atoms with Gasteiger partial charge in [-0.1, -0.05) is 12.1 Å². The molecule has 1 aliphatic heterocycles. The number of halogens is 1. The summed E-state index contributed by atoms with van der Waals surface area (Å²) in [5.41, 5.74) is 1.37. The van der Waals surface area contributed by atoms with Crippen LogP contribution in [0.25, 0.3) is 0 Å². The van der Waals surface area contributed by atoms with E-state index in [-0.39, 0.29) is 0 Å². The molecule has 3 heteroatoms. The molecule has 1 aliphatic rings. The Labute approximate surface area is 106 Å². The molecule has 0 aliphatic carbocycles. The van der Waals surface area contributed by atoms with Gasteiger partial charge in [-0.25, -0.2) is 0 Å². The van der Waals surface area contributed by atoms with Gasteiger partial charge in [0, 0.05) is 0 Å². The number of hydrogen-bond acceptors (Lipinski definition) is 2. The van der Waals surface area contributed by atoms with Crippen molar-refractivity contribution in [1.29, 1.82) is 0 Å². The topological polar surface area (TPSA) is 21.3 Å². The molecule has 2 rings (SSSR count). The molecule has 1 aromatic carbocycles. The van der Waals surface area contributed by atoms with E-state index in [9.17, 15) is 0 Å². The van der Waals surface area contributed by atoms with Gasteiger partial charge in [-0.05, 0) is 65.8 Å². The van der Waals surface area contributed by atoms with Crippen LogP contribution in [0.2, 0.25) is 0 Å². The zero-order valence-corrected chi connectivity index (χ0v) is 11.2. The van der Waals surface area contributed by atoms with Gasteiger partial charge in [0.2, 0.25) is 0 Å². The zero-order valence-electron chi connectivity index (χ0n) is 9.63. The number of rotatable bonds is 3. The molecule has 88 valence electrons. The van der Waals surface area contributed by atoms with E-state index in [1.165, 1.54) is 18.4 Å². The highest BCUT2D eigenvalue weighted by atomic mass is 79.9. The number of piperidine rings is 1. The van der Waals surface area contributed by atoms with Crippen molar-refractivity contribution < 1.29 is 4.74 Å². The first-order valence-corrected chi connectivity index (χ1v) is 6.62. The Hall–Kier alpha value is -0.540. The van der Waals surface area contributed by atoms with E-state index in [0.717, 1.165) is 35.7 Å². The van der Waals surface area contributed by atoms with Crippen LogP contribution >= 0.6 is 15.9 Å². The lowest BCUT2D eigenvalue weighted by Gasteiger charge is -2.23. The second-order valence-corrected chi connectivity index (χ2v) is 5.12. The third kappa shape index (κ3) is 2.77. The third-order valence-corrected chi connectivity index (χ3v) is 4.13. The van der Waals surface area contributed by atoms with Crippen LogP contribution in [-0.2, 0) is 6.42 Å². The van der Waals surface area contributed by atoms with Gasteiger partial charge >= 0.3 is 0 Å². The maximum Gasteiger partial charge on any atom is 0.133 e. The first-order chi connectivity index (χ1) is 7.81. The highest BCUT2D eigenvalue weighted by Gasteiger charge is 2.15. The van der Waals surface area contributed by atoms with Crippen molar-refractivity contribution >= 4 is 15.9 Å². The second-order valence-electron chi connectivity index (χ2n) is 4.33. The number of benzene rings is 1. The first kappa shape index (κ1) is 11.9. The summed E-state index contributed by atoms with van der Waals surface area (Å²) in [5.74, 6) is 1.75. The number of nitrogens with one attached hydrogen (secondary N) is 1. The van der Waals surface area contributed by atoms with Gasteiger partial charge in [0.1, 0.15) is 5.75 Å². The molecule has 0 unspecified atom stereocenters. The first-order valence-electron chi connectivity index (χ1n) is 5.83. The van der Waals surface area contributed by atoms with Crippen molar-refractivity contribution in [2.75, 3.05) is 20.2 Å². The average molecular weight is 284 g/mol. The van der Waals surface area contributed by atoms with Crippen LogP contribution in [0.1, 0.15) is 18.4 Å². The van der Waals surface area contributed by atoms with E-state index in [0.29, 0.717) is 0 Å². The monoisotopic (exact) mass is 283 g/mol. The molecule has 1 fully saturated rings. The summed E-state index contributed by atoms with van der Waals surface area (Å²) in [6.07, 6.45) is 3.72. The molecule has 0 amide bonds. The molecular weight excluding hydrogens is 266 g/mol. The Morgan fingerprint density at radius 1 is 1.38 bits per heavy atom. The van der Waals surface area contributed by atoms with Crippen LogP contribution in [0.5, 0.6) is 5.75 Å². The van der Waals surface area contributed by atoms with Gasteiger partial charge in [0.15, 0.2) is 0 Å². The van der Waals surface area contributed by atoms with Crippen molar-refractivity contribution in [3.05, 3.63) is 28.2 Å². The molecule has 1 aromatic rings. The molecule has 0 spiro atoms. The molecule has 0 bridgehead atoms. The predicted octanol–water partition coefficient (Wildman–Crippen LogP) is 3.00. The van der Waals surface area contributed by atoms with Gasteiger partial charge in [-0.2, -0.15) is 0 Å². The van der Waals surface area contributed by atoms with Crippen LogP contribution in [0.3, 0.4) is 0 Å². The third-order valence-electron chi connectivity index (χ3n) is 3.23. The van der Waals surface area contributed by atoms with Gasteiger partial charge in [0.05, 0.1) is 11.6 Å². The molecule has 0 radical (unpaired) electrons. The fourth-order valence-corrected chi connectivity index (χ4v) is 2.86. The van der Waals surface area contributed by atoms with Crippen LogP contribution in [-0.4, -0.2) is 20.2 Å². The lowest BCUT2D eigenvalue weighted by Crippen LogP contribution is -2.28. The Balaban J connectivity index is 2.08. The van der Waals surface area contributed by atoms with Crippen molar-refractivity contribution in [3.63, 3.8) is 0 Å². The van der Waals surface area contributed by atoms with E-state index in [2.05, 4.69) is 33.4 Å². The molecular formula is C13H18BrNO. The van der Waals surface area contributed by atoms with E-state index in [1.807, 2.05) is 6.07 Å². The zero-order chi connectivity index (χ0) is 11.4. The van der Waals surface area contributed by atoms with Crippen LogP contribution < -0.4 is 10.1 Å². The smallest absolute Gasteiger partial charge is 0.133 e. The fraction of sp³-hybridized carbons (Fsp3) is 0.538. The van der Waals surface area contributed by atoms with Crippen LogP contribution in [0.15, 0.2) is 22.7 Å². The van der Waals surface area contributed by atoms with E-state index >= 15 is 0 Å². The van der Waals surface area contributed by atoms with Crippen molar-refractivity contribution in [2.45, 2.75) is 19.3 Å². The standard InChI is InChI=1S/C13H18BrNO/c1-16-12-4-2-3-11(13(12)14)9-10-5-7-15-8-6-10/h2-4,10,15H,5-9H2,1H3. The number of ether oxygens (including phenoxy) is 1. The summed E-state index contributed by atoms with van der Waals surface area (Å²) in [4.78, 5) is 0.